The Morgan fingerprint density at radius 1 is 1.26 bits per heavy atom. The summed E-state index contributed by atoms with van der Waals surface area (Å²) in [6.07, 6.45) is 1.67. The van der Waals surface area contributed by atoms with Crippen LogP contribution in [0, 0.1) is 6.92 Å². The molecule has 3 rings (SSSR count). The van der Waals surface area contributed by atoms with Gasteiger partial charge in [-0.25, -0.2) is 4.99 Å². The number of aryl methyl sites for hydroxylation is 1. The molecule has 1 aliphatic rings. The number of hydrogen-bond donors (Lipinski definition) is 2. The van der Waals surface area contributed by atoms with Crippen molar-refractivity contribution in [1.29, 1.82) is 0 Å². The number of nitrogens with one attached hydrogen (secondary N) is 2. The molecule has 0 aromatic carbocycles. The molecule has 9 nitrogen and oxygen atoms in total. The molecule has 0 atom stereocenters. The van der Waals surface area contributed by atoms with Crippen molar-refractivity contribution in [3.05, 3.63) is 35.8 Å². The van der Waals surface area contributed by atoms with E-state index in [4.69, 9.17) is 9.15 Å². The average Bonchev–Trinajstić information content (AvgIpc) is 3.29. The van der Waals surface area contributed by atoms with E-state index < -0.39 is 0 Å². The summed E-state index contributed by atoms with van der Waals surface area (Å²) in [5, 5.41) is 14.9. The van der Waals surface area contributed by atoms with Crippen LogP contribution in [0.2, 0.25) is 0 Å². The second-order valence-electron chi connectivity index (χ2n) is 6.20. The lowest BCUT2D eigenvalue weighted by Crippen LogP contribution is -2.44. The van der Waals surface area contributed by atoms with Crippen LogP contribution in [0.25, 0.3) is 0 Å². The number of rotatable bonds is 7. The maximum absolute atomic E-state index is 5.38. The fourth-order valence-corrected chi connectivity index (χ4v) is 2.65. The maximum Gasteiger partial charge on any atom is 0.192 e. The first kappa shape index (κ1) is 21.6. The van der Waals surface area contributed by atoms with Crippen molar-refractivity contribution >= 4 is 29.9 Å². The van der Waals surface area contributed by atoms with Crippen molar-refractivity contribution in [2.45, 2.75) is 20.0 Å². The molecule has 0 saturated carbocycles. The molecule has 1 saturated heterocycles. The van der Waals surface area contributed by atoms with Crippen LogP contribution in [0.5, 0.6) is 0 Å². The minimum Gasteiger partial charge on any atom is -0.467 e. The predicted octanol–water partition coefficient (Wildman–Crippen LogP) is 0.902. The van der Waals surface area contributed by atoms with Crippen molar-refractivity contribution in [2.24, 2.45) is 12.0 Å². The summed E-state index contributed by atoms with van der Waals surface area (Å²) in [6.45, 7) is 8.30. The zero-order valence-corrected chi connectivity index (χ0v) is 18.2. The summed E-state index contributed by atoms with van der Waals surface area (Å²) in [5.41, 5.74) is 0. The highest BCUT2D eigenvalue weighted by Crippen LogP contribution is 2.01. The Morgan fingerprint density at radius 2 is 2.07 bits per heavy atom. The van der Waals surface area contributed by atoms with E-state index in [-0.39, 0.29) is 24.0 Å². The molecule has 0 aliphatic carbocycles. The van der Waals surface area contributed by atoms with E-state index in [1.54, 1.807) is 6.26 Å². The van der Waals surface area contributed by atoms with E-state index in [2.05, 4.69) is 30.7 Å². The third kappa shape index (κ3) is 6.78. The van der Waals surface area contributed by atoms with Crippen LogP contribution in [0.15, 0.2) is 27.8 Å². The molecule has 150 valence electrons. The van der Waals surface area contributed by atoms with Gasteiger partial charge in [-0.1, -0.05) is 0 Å². The van der Waals surface area contributed by atoms with Gasteiger partial charge in [0.25, 0.3) is 0 Å². The van der Waals surface area contributed by atoms with Crippen molar-refractivity contribution in [2.75, 3.05) is 39.4 Å². The number of morpholine rings is 1. The van der Waals surface area contributed by atoms with E-state index in [9.17, 15) is 0 Å². The molecule has 3 heterocycles. The molecule has 27 heavy (non-hydrogen) atoms. The van der Waals surface area contributed by atoms with E-state index in [1.165, 1.54) is 0 Å². The highest BCUT2D eigenvalue weighted by atomic mass is 127. The number of hydrogen-bond acceptors (Lipinski definition) is 6. The van der Waals surface area contributed by atoms with Gasteiger partial charge in [0, 0.05) is 33.2 Å². The van der Waals surface area contributed by atoms with Crippen molar-refractivity contribution < 1.29 is 9.15 Å². The van der Waals surface area contributed by atoms with Gasteiger partial charge in [-0.15, -0.1) is 34.2 Å². The third-order valence-electron chi connectivity index (χ3n) is 4.40. The van der Waals surface area contributed by atoms with E-state index in [0.29, 0.717) is 13.1 Å². The van der Waals surface area contributed by atoms with Crippen molar-refractivity contribution in [1.82, 2.24) is 30.3 Å². The van der Waals surface area contributed by atoms with Crippen LogP contribution >= 0.6 is 24.0 Å². The molecule has 2 aromatic heterocycles. The molecule has 0 amide bonds. The van der Waals surface area contributed by atoms with Crippen LogP contribution in [-0.2, 0) is 24.9 Å². The van der Waals surface area contributed by atoms with Gasteiger partial charge in [0.2, 0.25) is 0 Å². The Morgan fingerprint density at radius 3 is 2.74 bits per heavy atom. The number of aromatic nitrogens is 3. The van der Waals surface area contributed by atoms with Crippen molar-refractivity contribution in [3.8, 4) is 0 Å². The highest BCUT2D eigenvalue weighted by molar-refractivity contribution is 14.0. The van der Waals surface area contributed by atoms with Crippen LogP contribution < -0.4 is 10.6 Å². The Kier molecular flexibility index (Phi) is 9.01. The fraction of sp³-hybridized carbons (Fsp3) is 0.588. The van der Waals surface area contributed by atoms with Gasteiger partial charge in [-0.3, -0.25) is 4.90 Å². The second-order valence-corrected chi connectivity index (χ2v) is 6.20. The molecule has 0 bridgehead atoms. The first-order valence-corrected chi connectivity index (χ1v) is 8.92. The molecular weight excluding hydrogens is 461 g/mol. The van der Waals surface area contributed by atoms with Gasteiger partial charge < -0.3 is 24.4 Å². The van der Waals surface area contributed by atoms with Gasteiger partial charge >= 0.3 is 0 Å². The summed E-state index contributed by atoms with van der Waals surface area (Å²) < 4.78 is 12.7. The number of guanidine groups is 1. The lowest BCUT2D eigenvalue weighted by Gasteiger charge is -2.26. The quantitative estimate of drug-likeness (QED) is 0.339. The number of halogens is 1. The number of ether oxygens (including phenoxy) is 1. The van der Waals surface area contributed by atoms with Crippen LogP contribution in [0.3, 0.4) is 0 Å². The molecule has 10 heteroatoms. The van der Waals surface area contributed by atoms with Crippen LogP contribution in [0.4, 0.5) is 0 Å². The van der Waals surface area contributed by atoms with Gasteiger partial charge in [-0.2, -0.15) is 0 Å². The van der Waals surface area contributed by atoms with E-state index in [0.717, 1.165) is 62.8 Å². The molecule has 1 fully saturated rings. The minimum atomic E-state index is 0. The lowest BCUT2D eigenvalue weighted by atomic mass is 10.4. The number of aliphatic imine (C=N–C) groups is 1. The molecule has 0 spiro atoms. The number of furan rings is 1. The molecule has 0 unspecified atom stereocenters. The van der Waals surface area contributed by atoms with Gasteiger partial charge in [0.1, 0.15) is 18.1 Å². The zero-order chi connectivity index (χ0) is 18.2. The monoisotopic (exact) mass is 489 g/mol. The molecule has 1 aliphatic heterocycles. The normalized spacial score (nSPS) is 15.4. The molecule has 2 N–H and O–H groups in total. The molecule has 2 aromatic rings. The minimum absolute atomic E-state index is 0. The summed E-state index contributed by atoms with van der Waals surface area (Å²) in [4.78, 5) is 7.02. The topological polar surface area (TPSA) is 92.7 Å². The smallest absolute Gasteiger partial charge is 0.192 e. The predicted molar refractivity (Wildman–Crippen MR) is 113 cm³/mol. The summed E-state index contributed by atoms with van der Waals surface area (Å²) in [5.74, 6) is 3.30. The molecular formula is C17H28IN7O2. The van der Waals surface area contributed by atoms with Crippen LogP contribution in [0.1, 0.15) is 17.4 Å². The maximum atomic E-state index is 5.38. The van der Waals surface area contributed by atoms with Crippen LogP contribution in [-0.4, -0.2) is 65.0 Å². The van der Waals surface area contributed by atoms with Gasteiger partial charge in [0.15, 0.2) is 11.8 Å². The second kappa shape index (κ2) is 11.2. The Balaban J connectivity index is 0.00000261. The summed E-state index contributed by atoms with van der Waals surface area (Å²) in [7, 11) is 1.95. The SMILES string of the molecule is Cc1nnc(CN=C(NCCN2CCOCC2)NCc2ccco2)n1C.I. The Labute approximate surface area is 176 Å². The highest BCUT2D eigenvalue weighted by Gasteiger charge is 2.10. The first-order valence-electron chi connectivity index (χ1n) is 8.92. The third-order valence-corrected chi connectivity index (χ3v) is 4.40. The summed E-state index contributed by atoms with van der Waals surface area (Å²) >= 11 is 0. The lowest BCUT2D eigenvalue weighted by molar-refractivity contribution is 0.0389. The standard InChI is InChI=1S/C17H27N7O2.HI/c1-14-21-22-16(23(14)2)13-20-17(19-12-15-4-3-9-26-15)18-5-6-24-7-10-25-11-8-24;/h3-4,9H,5-8,10-13H2,1-2H3,(H2,18,19,20);1H. The molecule has 0 radical (unpaired) electrons. The van der Waals surface area contributed by atoms with Gasteiger partial charge in [-0.05, 0) is 19.1 Å². The zero-order valence-electron chi connectivity index (χ0n) is 15.8. The summed E-state index contributed by atoms with van der Waals surface area (Å²) in [6, 6.07) is 3.81. The van der Waals surface area contributed by atoms with Crippen molar-refractivity contribution in [3.63, 3.8) is 0 Å². The fourth-order valence-electron chi connectivity index (χ4n) is 2.65. The average molecular weight is 489 g/mol. The first-order chi connectivity index (χ1) is 12.7. The Hall–Kier alpha value is -1.66. The van der Waals surface area contributed by atoms with E-state index >= 15 is 0 Å². The van der Waals surface area contributed by atoms with E-state index in [1.807, 2.05) is 30.7 Å². The van der Waals surface area contributed by atoms with Gasteiger partial charge in [0.05, 0.1) is 26.0 Å². The number of nitrogens with zero attached hydrogens (tertiary/aromatic N) is 5. The Bertz CT molecular complexity index is 696. The largest absolute Gasteiger partial charge is 0.467 e.